The maximum Gasteiger partial charge on any atom is 0.309 e. The van der Waals surface area contributed by atoms with Crippen molar-refractivity contribution in [3.05, 3.63) is 0 Å². The van der Waals surface area contributed by atoms with Gasteiger partial charge < -0.3 is 16.0 Å². The van der Waals surface area contributed by atoms with Gasteiger partial charge in [0, 0.05) is 20.1 Å². The third-order valence-electron chi connectivity index (χ3n) is 1.30. The van der Waals surface area contributed by atoms with Crippen molar-refractivity contribution in [2.75, 3.05) is 20.1 Å². The highest BCUT2D eigenvalue weighted by Crippen LogP contribution is 1.73. The van der Waals surface area contributed by atoms with Crippen molar-refractivity contribution < 1.29 is 14.4 Å². The summed E-state index contributed by atoms with van der Waals surface area (Å²) in [5, 5.41) is 7.01. The highest BCUT2D eigenvalue weighted by molar-refractivity contribution is 6.34. The molecule has 0 aliphatic rings. The molecule has 0 aliphatic carbocycles. The molecule has 0 saturated carbocycles. The summed E-state index contributed by atoms with van der Waals surface area (Å²) >= 11 is 0. The van der Waals surface area contributed by atoms with Gasteiger partial charge in [-0.25, -0.2) is 0 Å². The quantitative estimate of drug-likeness (QED) is 0.264. The summed E-state index contributed by atoms with van der Waals surface area (Å²) in [4.78, 5) is 31.2. The first-order valence-electron chi connectivity index (χ1n) is 3.89. The van der Waals surface area contributed by atoms with Crippen molar-refractivity contribution in [2.24, 2.45) is 0 Å². The standard InChI is InChI=1S/C7H13N3O3/c1-8-6(12)7(13)10-4-2-3-9-5-11/h5H,2-4H2,1H3,(H,8,12)(H,9,11)(H,10,13). The average molecular weight is 187 g/mol. The highest BCUT2D eigenvalue weighted by atomic mass is 16.2. The number of nitrogens with one attached hydrogen (secondary N) is 3. The van der Waals surface area contributed by atoms with Crippen LogP contribution in [0.4, 0.5) is 0 Å². The molecule has 13 heavy (non-hydrogen) atoms. The zero-order valence-electron chi connectivity index (χ0n) is 7.42. The summed E-state index contributed by atoms with van der Waals surface area (Å²) in [6, 6.07) is 0. The fourth-order valence-electron chi connectivity index (χ4n) is 0.645. The number of likely N-dealkylation sites (N-methyl/N-ethyl adjacent to an activating group) is 1. The predicted molar refractivity (Wildman–Crippen MR) is 45.8 cm³/mol. The Bertz CT molecular complexity index is 193. The number of carbonyl (C=O) groups excluding carboxylic acids is 3. The van der Waals surface area contributed by atoms with Crippen LogP contribution in [0.2, 0.25) is 0 Å². The van der Waals surface area contributed by atoms with Gasteiger partial charge >= 0.3 is 11.8 Å². The number of hydrogen-bond donors (Lipinski definition) is 3. The first kappa shape index (κ1) is 11.4. The van der Waals surface area contributed by atoms with Crippen LogP contribution in [0.25, 0.3) is 0 Å². The molecule has 0 unspecified atom stereocenters. The largest absolute Gasteiger partial charge is 0.359 e. The zero-order chi connectivity index (χ0) is 10.1. The van der Waals surface area contributed by atoms with Crippen LogP contribution < -0.4 is 16.0 Å². The zero-order valence-corrected chi connectivity index (χ0v) is 7.42. The van der Waals surface area contributed by atoms with E-state index in [1.807, 2.05) is 0 Å². The van der Waals surface area contributed by atoms with Crippen LogP contribution >= 0.6 is 0 Å². The summed E-state index contributed by atoms with van der Waals surface area (Å²) in [5.74, 6) is -1.32. The van der Waals surface area contributed by atoms with Gasteiger partial charge in [0.05, 0.1) is 0 Å². The van der Waals surface area contributed by atoms with Crippen molar-refractivity contribution in [1.29, 1.82) is 0 Å². The molecule has 0 aromatic carbocycles. The van der Waals surface area contributed by atoms with Crippen molar-refractivity contribution in [3.8, 4) is 0 Å². The summed E-state index contributed by atoms with van der Waals surface area (Å²) in [5.41, 5.74) is 0. The van der Waals surface area contributed by atoms with Crippen molar-refractivity contribution in [2.45, 2.75) is 6.42 Å². The minimum Gasteiger partial charge on any atom is -0.359 e. The van der Waals surface area contributed by atoms with Gasteiger partial charge in [0.15, 0.2) is 0 Å². The lowest BCUT2D eigenvalue weighted by Crippen LogP contribution is -2.39. The molecule has 0 fully saturated rings. The molecule has 0 spiro atoms. The molecule has 6 heteroatoms. The molecule has 0 rings (SSSR count). The monoisotopic (exact) mass is 187 g/mol. The second kappa shape index (κ2) is 7.08. The fraction of sp³-hybridized carbons (Fsp3) is 0.571. The van der Waals surface area contributed by atoms with E-state index in [0.29, 0.717) is 25.9 Å². The molecule has 74 valence electrons. The van der Waals surface area contributed by atoms with Crippen LogP contribution in [0.1, 0.15) is 6.42 Å². The molecule has 0 saturated heterocycles. The Morgan fingerprint density at radius 2 is 1.92 bits per heavy atom. The van der Waals surface area contributed by atoms with E-state index in [-0.39, 0.29) is 0 Å². The lowest BCUT2D eigenvalue weighted by Gasteiger charge is -2.02. The van der Waals surface area contributed by atoms with Gasteiger partial charge in [0.25, 0.3) is 0 Å². The van der Waals surface area contributed by atoms with Gasteiger partial charge in [-0.1, -0.05) is 0 Å². The second-order valence-electron chi connectivity index (χ2n) is 2.26. The van der Waals surface area contributed by atoms with Gasteiger partial charge in [-0.3, -0.25) is 14.4 Å². The minimum atomic E-state index is -0.664. The Hall–Kier alpha value is -1.59. The van der Waals surface area contributed by atoms with E-state index >= 15 is 0 Å². The number of carbonyl (C=O) groups is 3. The molecular weight excluding hydrogens is 174 g/mol. The Morgan fingerprint density at radius 1 is 1.23 bits per heavy atom. The lowest BCUT2D eigenvalue weighted by molar-refractivity contribution is -0.138. The topological polar surface area (TPSA) is 87.3 Å². The summed E-state index contributed by atoms with van der Waals surface area (Å²) < 4.78 is 0. The van der Waals surface area contributed by atoms with Crippen LogP contribution in [-0.4, -0.2) is 38.4 Å². The molecule has 0 aromatic heterocycles. The van der Waals surface area contributed by atoms with Crippen LogP contribution in [0.15, 0.2) is 0 Å². The van der Waals surface area contributed by atoms with Crippen LogP contribution in [0, 0.1) is 0 Å². The molecule has 0 radical (unpaired) electrons. The minimum absolute atomic E-state index is 0.368. The predicted octanol–water partition coefficient (Wildman–Crippen LogP) is -2.02. The average Bonchev–Trinajstić information content (AvgIpc) is 2.16. The van der Waals surface area contributed by atoms with Gasteiger partial charge in [-0.05, 0) is 6.42 Å². The van der Waals surface area contributed by atoms with E-state index in [4.69, 9.17) is 0 Å². The molecule has 0 atom stereocenters. The SMILES string of the molecule is CNC(=O)C(=O)NCCCNC=O. The molecule has 0 aliphatic heterocycles. The van der Waals surface area contributed by atoms with Gasteiger partial charge in [0.1, 0.15) is 0 Å². The van der Waals surface area contributed by atoms with E-state index in [1.165, 1.54) is 7.05 Å². The Morgan fingerprint density at radius 3 is 2.46 bits per heavy atom. The normalized spacial score (nSPS) is 8.69. The molecule has 0 heterocycles. The lowest BCUT2D eigenvalue weighted by atomic mass is 10.4. The van der Waals surface area contributed by atoms with Gasteiger partial charge in [-0.2, -0.15) is 0 Å². The number of rotatable bonds is 5. The fourth-order valence-corrected chi connectivity index (χ4v) is 0.645. The first-order valence-corrected chi connectivity index (χ1v) is 3.89. The molecule has 6 nitrogen and oxygen atoms in total. The smallest absolute Gasteiger partial charge is 0.309 e. The van der Waals surface area contributed by atoms with Crippen LogP contribution in [0.3, 0.4) is 0 Å². The van der Waals surface area contributed by atoms with Gasteiger partial charge in [0.2, 0.25) is 6.41 Å². The Kier molecular flexibility index (Phi) is 6.21. The van der Waals surface area contributed by atoms with Crippen molar-refractivity contribution in [3.63, 3.8) is 0 Å². The van der Waals surface area contributed by atoms with Gasteiger partial charge in [-0.15, -0.1) is 0 Å². The van der Waals surface area contributed by atoms with Crippen molar-refractivity contribution >= 4 is 18.2 Å². The van der Waals surface area contributed by atoms with E-state index in [9.17, 15) is 14.4 Å². The second-order valence-corrected chi connectivity index (χ2v) is 2.26. The van der Waals surface area contributed by atoms with E-state index in [0.717, 1.165) is 0 Å². The van der Waals surface area contributed by atoms with Crippen LogP contribution in [-0.2, 0) is 14.4 Å². The Balaban J connectivity index is 3.37. The maximum atomic E-state index is 10.8. The van der Waals surface area contributed by atoms with E-state index < -0.39 is 11.8 Å². The first-order chi connectivity index (χ1) is 6.22. The summed E-state index contributed by atoms with van der Waals surface area (Å²) in [6.45, 7) is 0.852. The molecule has 0 aromatic rings. The van der Waals surface area contributed by atoms with E-state index in [2.05, 4.69) is 16.0 Å². The third kappa shape index (κ3) is 5.66. The van der Waals surface area contributed by atoms with E-state index in [1.54, 1.807) is 0 Å². The number of amides is 3. The van der Waals surface area contributed by atoms with Crippen molar-refractivity contribution in [1.82, 2.24) is 16.0 Å². The summed E-state index contributed by atoms with van der Waals surface area (Å²) in [7, 11) is 1.38. The molecule has 3 N–H and O–H groups in total. The highest BCUT2D eigenvalue weighted by Gasteiger charge is 2.08. The number of hydrogen-bond acceptors (Lipinski definition) is 3. The molecular formula is C7H13N3O3. The third-order valence-corrected chi connectivity index (χ3v) is 1.30. The van der Waals surface area contributed by atoms with Crippen LogP contribution in [0.5, 0.6) is 0 Å². The Labute approximate surface area is 76.1 Å². The molecule has 3 amide bonds. The maximum absolute atomic E-state index is 10.8. The summed E-state index contributed by atoms with van der Waals surface area (Å²) in [6.07, 6.45) is 1.18. The molecule has 0 bridgehead atoms.